The van der Waals surface area contributed by atoms with E-state index in [4.69, 9.17) is 5.73 Å². The smallest absolute Gasteiger partial charge is 0.00895 e. The Labute approximate surface area is 81.5 Å². The first-order valence-electron chi connectivity index (χ1n) is 5.53. The molecule has 0 aromatic rings. The van der Waals surface area contributed by atoms with Crippen LogP contribution in [0.25, 0.3) is 0 Å². The Hall–Kier alpha value is -0.0800. The van der Waals surface area contributed by atoms with Crippen LogP contribution in [0.5, 0.6) is 0 Å². The lowest BCUT2D eigenvalue weighted by molar-refractivity contribution is 0.0273. The van der Waals surface area contributed by atoms with Gasteiger partial charge in [-0.25, -0.2) is 0 Å². The molecule has 0 amide bonds. The quantitative estimate of drug-likeness (QED) is 0.667. The van der Waals surface area contributed by atoms with E-state index >= 15 is 0 Å². The molecule has 76 valence electrons. The van der Waals surface area contributed by atoms with Gasteiger partial charge in [0.05, 0.1) is 0 Å². The predicted octanol–water partition coefficient (Wildman–Crippen LogP) is 1.60. The molecule has 2 aliphatic rings. The molecular weight excluding hydrogens is 160 g/mol. The summed E-state index contributed by atoms with van der Waals surface area (Å²) in [5.41, 5.74) is 6.55. The number of nitrogens with two attached hydrogens (primary N) is 1. The Kier molecular flexibility index (Phi) is 2.37. The van der Waals surface area contributed by atoms with Gasteiger partial charge in [-0.05, 0) is 58.0 Å². The van der Waals surface area contributed by atoms with Gasteiger partial charge in [0, 0.05) is 12.1 Å². The number of hydrogen-bond acceptors (Lipinski definition) is 2. The lowest BCUT2D eigenvalue weighted by atomic mass is 9.58. The summed E-state index contributed by atoms with van der Waals surface area (Å²) < 4.78 is 0. The molecule has 0 bridgehead atoms. The van der Waals surface area contributed by atoms with Gasteiger partial charge in [0.15, 0.2) is 0 Å². The van der Waals surface area contributed by atoms with Crippen LogP contribution < -0.4 is 5.73 Å². The third-order valence-corrected chi connectivity index (χ3v) is 4.14. The fourth-order valence-electron chi connectivity index (χ4n) is 3.19. The molecule has 2 rings (SSSR count). The van der Waals surface area contributed by atoms with Gasteiger partial charge in [0.2, 0.25) is 0 Å². The SMILES string of the molecule is CN(C)C1CCC2(CC1)CC(N)C2. The molecule has 0 aliphatic heterocycles. The summed E-state index contributed by atoms with van der Waals surface area (Å²) >= 11 is 0. The molecule has 0 unspecified atom stereocenters. The Balaban J connectivity index is 1.83. The van der Waals surface area contributed by atoms with Crippen LogP contribution in [0.2, 0.25) is 0 Å². The first kappa shape index (κ1) is 9.47. The normalized spacial score (nSPS) is 45.2. The van der Waals surface area contributed by atoms with Crippen molar-refractivity contribution in [1.29, 1.82) is 0 Å². The lowest BCUT2D eigenvalue weighted by Gasteiger charge is -2.51. The maximum absolute atomic E-state index is 5.87. The Morgan fingerprint density at radius 2 is 1.69 bits per heavy atom. The first-order chi connectivity index (χ1) is 6.11. The van der Waals surface area contributed by atoms with Crippen LogP contribution in [0.1, 0.15) is 38.5 Å². The van der Waals surface area contributed by atoms with Crippen LogP contribution in [0.4, 0.5) is 0 Å². The van der Waals surface area contributed by atoms with Gasteiger partial charge in [-0.15, -0.1) is 0 Å². The summed E-state index contributed by atoms with van der Waals surface area (Å²) in [7, 11) is 4.41. The molecule has 0 radical (unpaired) electrons. The van der Waals surface area contributed by atoms with E-state index in [0.717, 1.165) is 6.04 Å². The topological polar surface area (TPSA) is 29.3 Å². The molecule has 0 aromatic carbocycles. The summed E-state index contributed by atoms with van der Waals surface area (Å²) in [4.78, 5) is 2.38. The highest BCUT2D eigenvalue weighted by atomic mass is 15.1. The van der Waals surface area contributed by atoms with Gasteiger partial charge in [-0.3, -0.25) is 0 Å². The number of nitrogens with zero attached hydrogens (tertiary/aromatic N) is 1. The zero-order valence-corrected chi connectivity index (χ0v) is 8.92. The third-order valence-electron chi connectivity index (χ3n) is 4.14. The maximum atomic E-state index is 5.87. The molecule has 0 atom stereocenters. The monoisotopic (exact) mass is 182 g/mol. The second-order valence-electron chi connectivity index (χ2n) is 5.36. The van der Waals surface area contributed by atoms with Crippen LogP contribution >= 0.6 is 0 Å². The summed E-state index contributed by atoms with van der Waals surface area (Å²) in [6.07, 6.45) is 8.22. The van der Waals surface area contributed by atoms with Crippen LogP contribution in [-0.2, 0) is 0 Å². The molecule has 2 aliphatic carbocycles. The zero-order valence-electron chi connectivity index (χ0n) is 8.92. The van der Waals surface area contributed by atoms with Crippen LogP contribution in [-0.4, -0.2) is 31.1 Å². The van der Waals surface area contributed by atoms with E-state index in [1.165, 1.54) is 38.5 Å². The Morgan fingerprint density at radius 1 is 1.15 bits per heavy atom. The summed E-state index contributed by atoms with van der Waals surface area (Å²) in [6, 6.07) is 1.36. The second-order valence-corrected chi connectivity index (χ2v) is 5.36. The lowest BCUT2D eigenvalue weighted by Crippen LogP contribution is -2.49. The van der Waals surface area contributed by atoms with Crippen molar-refractivity contribution in [3.63, 3.8) is 0 Å². The van der Waals surface area contributed by atoms with E-state index in [-0.39, 0.29) is 0 Å². The maximum Gasteiger partial charge on any atom is 0.00895 e. The summed E-state index contributed by atoms with van der Waals surface area (Å²) in [6.45, 7) is 0. The predicted molar refractivity (Wildman–Crippen MR) is 55.6 cm³/mol. The van der Waals surface area contributed by atoms with E-state index in [2.05, 4.69) is 19.0 Å². The molecule has 2 N–H and O–H groups in total. The molecule has 2 saturated carbocycles. The number of rotatable bonds is 1. The molecule has 2 nitrogen and oxygen atoms in total. The van der Waals surface area contributed by atoms with Crippen molar-refractivity contribution in [3.05, 3.63) is 0 Å². The highest BCUT2D eigenvalue weighted by Gasteiger charge is 2.44. The Morgan fingerprint density at radius 3 is 2.08 bits per heavy atom. The number of hydrogen-bond donors (Lipinski definition) is 1. The van der Waals surface area contributed by atoms with E-state index in [0.29, 0.717) is 11.5 Å². The standard InChI is InChI=1S/C11H22N2/c1-13(2)10-3-5-11(6-4-10)7-9(12)8-11/h9-10H,3-8,12H2,1-2H3. The average Bonchev–Trinajstić information content (AvgIpc) is 2.03. The second kappa shape index (κ2) is 3.25. The van der Waals surface area contributed by atoms with E-state index < -0.39 is 0 Å². The van der Waals surface area contributed by atoms with Gasteiger partial charge in [-0.2, -0.15) is 0 Å². The summed E-state index contributed by atoms with van der Waals surface area (Å²) in [5.74, 6) is 0. The third kappa shape index (κ3) is 1.75. The largest absolute Gasteiger partial charge is 0.328 e. The minimum atomic E-state index is 0.524. The molecule has 2 fully saturated rings. The average molecular weight is 182 g/mol. The first-order valence-corrected chi connectivity index (χ1v) is 5.53. The van der Waals surface area contributed by atoms with Crippen molar-refractivity contribution >= 4 is 0 Å². The van der Waals surface area contributed by atoms with Crippen LogP contribution in [0.3, 0.4) is 0 Å². The van der Waals surface area contributed by atoms with Gasteiger partial charge < -0.3 is 10.6 Å². The molecule has 0 aromatic heterocycles. The molecule has 0 heterocycles. The van der Waals surface area contributed by atoms with Gasteiger partial charge >= 0.3 is 0 Å². The van der Waals surface area contributed by atoms with Crippen LogP contribution in [0.15, 0.2) is 0 Å². The van der Waals surface area contributed by atoms with E-state index in [9.17, 15) is 0 Å². The van der Waals surface area contributed by atoms with Crippen molar-refractivity contribution in [3.8, 4) is 0 Å². The zero-order chi connectivity index (χ0) is 9.47. The van der Waals surface area contributed by atoms with Crippen molar-refractivity contribution in [1.82, 2.24) is 4.90 Å². The minimum absolute atomic E-state index is 0.524. The fraction of sp³-hybridized carbons (Fsp3) is 1.00. The van der Waals surface area contributed by atoms with E-state index in [1.807, 2.05) is 0 Å². The van der Waals surface area contributed by atoms with Crippen molar-refractivity contribution < 1.29 is 0 Å². The molecular formula is C11H22N2. The minimum Gasteiger partial charge on any atom is -0.328 e. The molecule has 1 spiro atoms. The highest BCUT2D eigenvalue weighted by molar-refractivity contribution is 4.99. The van der Waals surface area contributed by atoms with Crippen LogP contribution in [0, 0.1) is 5.41 Å². The van der Waals surface area contributed by atoms with Gasteiger partial charge in [-0.1, -0.05) is 0 Å². The molecule has 2 heteroatoms. The van der Waals surface area contributed by atoms with Crippen molar-refractivity contribution in [2.24, 2.45) is 11.1 Å². The van der Waals surface area contributed by atoms with Crippen molar-refractivity contribution in [2.75, 3.05) is 14.1 Å². The molecule has 0 saturated heterocycles. The Bertz CT molecular complexity index is 173. The highest BCUT2D eigenvalue weighted by Crippen LogP contribution is 2.51. The molecule has 13 heavy (non-hydrogen) atoms. The van der Waals surface area contributed by atoms with Crippen molar-refractivity contribution in [2.45, 2.75) is 50.6 Å². The van der Waals surface area contributed by atoms with Gasteiger partial charge in [0.1, 0.15) is 0 Å². The fourth-order valence-corrected chi connectivity index (χ4v) is 3.19. The van der Waals surface area contributed by atoms with Gasteiger partial charge in [0.25, 0.3) is 0 Å². The van der Waals surface area contributed by atoms with E-state index in [1.54, 1.807) is 0 Å². The summed E-state index contributed by atoms with van der Waals surface area (Å²) in [5, 5.41) is 0.